The molecule has 124 valence electrons. The first kappa shape index (κ1) is 16.8. The van der Waals surface area contributed by atoms with E-state index < -0.39 is 11.5 Å². The monoisotopic (exact) mass is 407 g/mol. The molecule has 2 heterocycles. The molecular weight excluding hydrogens is 394 g/mol. The third-order valence-electron chi connectivity index (χ3n) is 3.37. The van der Waals surface area contributed by atoms with Crippen molar-refractivity contribution >= 4 is 49.3 Å². The first-order valence-electron chi connectivity index (χ1n) is 7.44. The van der Waals surface area contributed by atoms with Crippen LogP contribution in [0.4, 0.5) is 5.13 Å². The van der Waals surface area contributed by atoms with Gasteiger partial charge in [0.2, 0.25) is 5.13 Å². The lowest BCUT2D eigenvalue weighted by atomic mass is 10.2. The van der Waals surface area contributed by atoms with E-state index >= 15 is 0 Å². The Morgan fingerprint density at radius 3 is 2.96 bits per heavy atom. The van der Waals surface area contributed by atoms with Crippen molar-refractivity contribution in [3.63, 3.8) is 0 Å². The van der Waals surface area contributed by atoms with Gasteiger partial charge < -0.3 is 4.42 Å². The Bertz CT molecular complexity index is 951. The Hall–Kier alpha value is -2.06. The molecule has 0 aliphatic heterocycles. The van der Waals surface area contributed by atoms with E-state index in [4.69, 9.17) is 4.42 Å². The zero-order valence-electron chi connectivity index (χ0n) is 12.8. The number of carbonyl (C=O) groups excluding carboxylic acids is 1. The van der Waals surface area contributed by atoms with Crippen LogP contribution in [0.5, 0.6) is 0 Å². The summed E-state index contributed by atoms with van der Waals surface area (Å²) in [4.78, 5) is 24.4. The minimum atomic E-state index is -0.682. The number of fused-ring (bicyclic) bond motifs is 1. The lowest BCUT2D eigenvalue weighted by molar-refractivity contribution is 0.102. The van der Waals surface area contributed by atoms with E-state index in [2.05, 4.69) is 38.4 Å². The third kappa shape index (κ3) is 3.70. The molecule has 1 aromatic carbocycles. The van der Waals surface area contributed by atoms with Crippen molar-refractivity contribution in [1.82, 2.24) is 10.2 Å². The Labute approximate surface area is 150 Å². The van der Waals surface area contributed by atoms with Gasteiger partial charge in [-0.1, -0.05) is 40.6 Å². The molecular formula is C16H14BrN3O3S. The van der Waals surface area contributed by atoms with E-state index in [0.29, 0.717) is 16.1 Å². The van der Waals surface area contributed by atoms with Gasteiger partial charge in [-0.05, 0) is 30.7 Å². The number of nitrogens with zero attached hydrogens (tertiary/aromatic N) is 2. The molecule has 0 saturated heterocycles. The first-order valence-corrected chi connectivity index (χ1v) is 9.05. The molecule has 2 aromatic heterocycles. The molecule has 3 aromatic rings. The molecule has 0 bridgehead atoms. The summed E-state index contributed by atoms with van der Waals surface area (Å²) in [5.41, 5.74) is -0.318. The molecule has 1 N–H and O–H groups in total. The SMILES string of the molecule is CCCCc1nnc(NC(=O)c2cc3cc(Br)ccc3oc2=O)s1. The lowest BCUT2D eigenvalue weighted by Gasteiger charge is -2.02. The molecule has 24 heavy (non-hydrogen) atoms. The van der Waals surface area contributed by atoms with Gasteiger partial charge >= 0.3 is 5.63 Å². The van der Waals surface area contributed by atoms with Gasteiger partial charge in [-0.2, -0.15) is 0 Å². The van der Waals surface area contributed by atoms with Gasteiger partial charge in [0.1, 0.15) is 16.2 Å². The minimum absolute atomic E-state index is 0.0640. The van der Waals surface area contributed by atoms with Crippen LogP contribution >= 0.6 is 27.3 Å². The number of anilines is 1. The number of hydrogen-bond donors (Lipinski definition) is 1. The van der Waals surface area contributed by atoms with E-state index in [-0.39, 0.29) is 5.56 Å². The second-order valence-corrected chi connectivity index (χ2v) is 7.17. The molecule has 0 fully saturated rings. The number of nitrogens with one attached hydrogen (secondary N) is 1. The largest absolute Gasteiger partial charge is 0.422 e. The molecule has 0 radical (unpaired) electrons. The highest BCUT2D eigenvalue weighted by Crippen LogP contribution is 2.21. The number of unbranched alkanes of at least 4 members (excludes halogenated alkanes) is 1. The van der Waals surface area contributed by atoms with Crippen LogP contribution in [0.2, 0.25) is 0 Å². The van der Waals surface area contributed by atoms with Crippen LogP contribution in [0.15, 0.2) is 37.9 Å². The molecule has 3 rings (SSSR count). The maximum atomic E-state index is 12.3. The molecule has 0 spiro atoms. The summed E-state index contributed by atoms with van der Waals surface area (Å²) < 4.78 is 6.03. The van der Waals surface area contributed by atoms with Crippen molar-refractivity contribution in [1.29, 1.82) is 0 Å². The number of amides is 1. The van der Waals surface area contributed by atoms with Gasteiger partial charge in [0, 0.05) is 16.3 Å². The first-order chi connectivity index (χ1) is 11.6. The number of hydrogen-bond acceptors (Lipinski definition) is 6. The van der Waals surface area contributed by atoms with Crippen LogP contribution in [0.1, 0.15) is 35.1 Å². The Kier molecular flexibility index (Phi) is 5.06. The summed E-state index contributed by atoms with van der Waals surface area (Å²) in [6, 6.07) is 6.74. The maximum Gasteiger partial charge on any atom is 0.349 e. The maximum absolute atomic E-state index is 12.3. The Morgan fingerprint density at radius 1 is 1.33 bits per heavy atom. The molecule has 0 saturated carbocycles. The van der Waals surface area contributed by atoms with Gasteiger partial charge in [-0.3, -0.25) is 10.1 Å². The fraction of sp³-hybridized carbons (Fsp3) is 0.250. The fourth-order valence-corrected chi connectivity index (χ4v) is 3.31. The number of benzene rings is 1. The third-order valence-corrected chi connectivity index (χ3v) is 4.76. The highest BCUT2D eigenvalue weighted by Gasteiger charge is 2.16. The molecule has 1 amide bonds. The van der Waals surface area contributed by atoms with Crippen LogP contribution in [-0.4, -0.2) is 16.1 Å². The summed E-state index contributed by atoms with van der Waals surface area (Å²) in [7, 11) is 0. The van der Waals surface area contributed by atoms with Crippen LogP contribution in [0, 0.1) is 0 Å². The lowest BCUT2D eigenvalue weighted by Crippen LogP contribution is -2.20. The van der Waals surface area contributed by atoms with Crippen molar-refractivity contribution in [2.75, 3.05) is 5.32 Å². The molecule has 0 aliphatic carbocycles. The molecule has 6 nitrogen and oxygen atoms in total. The van der Waals surface area contributed by atoms with Crippen molar-refractivity contribution in [2.45, 2.75) is 26.2 Å². The van der Waals surface area contributed by atoms with Gasteiger partial charge in [-0.15, -0.1) is 10.2 Å². The van der Waals surface area contributed by atoms with Crippen molar-refractivity contribution in [2.24, 2.45) is 0 Å². The fourth-order valence-electron chi connectivity index (χ4n) is 2.15. The van der Waals surface area contributed by atoms with E-state index in [1.54, 1.807) is 18.2 Å². The standard InChI is InChI=1S/C16H14BrN3O3S/c1-2-3-4-13-19-20-16(24-13)18-14(21)11-8-9-7-10(17)5-6-12(9)23-15(11)22/h5-8H,2-4H2,1H3,(H,18,20,21). The smallest absolute Gasteiger partial charge is 0.349 e. The van der Waals surface area contributed by atoms with Gasteiger partial charge in [0.25, 0.3) is 5.91 Å². The summed E-state index contributed by atoms with van der Waals surface area (Å²) in [5.74, 6) is -0.552. The zero-order chi connectivity index (χ0) is 17.1. The van der Waals surface area contributed by atoms with Crippen LogP contribution in [0.3, 0.4) is 0 Å². The zero-order valence-corrected chi connectivity index (χ0v) is 15.2. The normalized spacial score (nSPS) is 10.9. The summed E-state index contributed by atoms with van der Waals surface area (Å²) in [6.45, 7) is 2.10. The second kappa shape index (κ2) is 7.23. The molecule has 0 atom stereocenters. The highest BCUT2D eigenvalue weighted by atomic mass is 79.9. The van der Waals surface area contributed by atoms with Crippen molar-refractivity contribution in [3.05, 3.63) is 49.7 Å². The molecule has 0 aliphatic rings. The number of rotatable bonds is 5. The van der Waals surface area contributed by atoms with E-state index in [0.717, 1.165) is 28.7 Å². The van der Waals surface area contributed by atoms with Gasteiger partial charge in [0.15, 0.2) is 0 Å². The average molecular weight is 408 g/mol. The topological polar surface area (TPSA) is 85.1 Å². The van der Waals surface area contributed by atoms with E-state index in [1.807, 2.05) is 0 Å². The summed E-state index contributed by atoms with van der Waals surface area (Å²) in [5, 5.41) is 12.5. The highest BCUT2D eigenvalue weighted by molar-refractivity contribution is 9.10. The predicted octanol–water partition coefficient (Wildman–Crippen LogP) is 4.00. The van der Waals surface area contributed by atoms with Gasteiger partial charge in [0.05, 0.1) is 0 Å². The van der Waals surface area contributed by atoms with E-state index in [1.165, 1.54) is 17.4 Å². The quantitative estimate of drug-likeness (QED) is 0.645. The van der Waals surface area contributed by atoms with Crippen LogP contribution in [0.25, 0.3) is 11.0 Å². The average Bonchev–Trinajstić information content (AvgIpc) is 3.00. The Balaban J connectivity index is 1.84. The number of carbonyl (C=O) groups is 1. The van der Waals surface area contributed by atoms with Crippen molar-refractivity contribution in [3.8, 4) is 0 Å². The van der Waals surface area contributed by atoms with Crippen LogP contribution in [-0.2, 0) is 6.42 Å². The predicted molar refractivity (Wildman–Crippen MR) is 96.7 cm³/mol. The second-order valence-electron chi connectivity index (χ2n) is 5.19. The molecule has 8 heteroatoms. The van der Waals surface area contributed by atoms with Gasteiger partial charge in [-0.25, -0.2) is 4.79 Å². The Morgan fingerprint density at radius 2 is 2.17 bits per heavy atom. The minimum Gasteiger partial charge on any atom is -0.422 e. The summed E-state index contributed by atoms with van der Waals surface area (Å²) in [6.07, 6.45) is 2.91. The molecule has 0 unspecified atom stereocenters. The number of halogens is 1. The number of aromatic nitrogens is 2. The van der Waals surface area contributed by atoms with Crippen molar-refractivity contribution < 1.29 is 9.21 Å². The number of aryl methyl sites for hydroxylation is 1. The van der Waals surface area contributed by atoms with Crippen LogP contribution < -0.4 is 10.9 Å². The van der Waals surface area contributed by atoms with E-state index in [9.17, 15) is 9.59 Å². The summed E-state index contributed by atoms with van der Waals surface area (Å²) >= 11 is 4.67.